The van der Waals surface area contributed by atoms with Gasteiger partial charge in [-0.1, -0.05) is 29.8 Å². The van der Waals surface area contributed by atoms with Crippen LogP contribution in [-0.4, -0.2) is 25.6 Å². The zero-order valence-electron chi connectivity index (χ0n) is 14.6. The van der Waals surface area contributed by atoms with Crippen LogP contribution in [0.1, 0.15) is 43.2 Å². The number of nitrogens with zero attached hydrogens (tertiary/aromatic N) is 4. The molecule has 3 heterocycles. The lowest BCUT2D eigenvalue weighted by molar-refractivity contribution is -0.0775. The van der Waals surface area contributed by atoms with Crippen LogP contribution < -0.4 is 0 Å². The number of fused-ring (bicyclic) bond motifs is 3. The van der Waals surface area contributed by atoms with Crippen LogP contribution in [0, 0.1) is 0 Å². The summed E-state index contributed by atoms with van der Waals surface area (Å²) in [5.74, 6) is -2.20. The van der Waals surface area contributed by atoms with Crippen molar-refractivity contribution in [3.63, 3.8) is 0 Å². The lowest BCUT2D eigenvalue weighted by Gasteiger charge is -2.33. The maximum absolute atomic E-state index is 14.9. The molecule has 0 aliphatic heterocycles. The van der Waals surface area contributed by atoms with Crippen molar-refractivity contribution in [2.75, 3.05) is 0 Å². The number of pyridine rings is 1. The Morgan fingerprint density at radius 1 is 1.15 bits per heavy atom. The zero-order chi connectivity index (χ0) is 18.4. The van der Waals surface area contributed by atoms with Crippen molar-refractivity contribution >= 4 is 21.9 Å². The van der Waals surface area contributed by atoms with Crippen LogP contribution >= 0.6 is 0 Å². The smallest absolute Gasteiger partial charge is 0.268 e. The molecule has 0 saturated heterocycles. The van der Waals surface area contributed by atoms with E-state index in [2.05, 4.69) is 15.1 Å². The summed E-state index contributed by atoms with van der Waals surface area (Å²) in [5.41, 5.74) is 2.81. The van der Waals surface area contributed by atoms with Crippen LogP contribution in [0.15, 0.2) is 47.3 Å². The average Bonchev–Trinajstić information content (AvgIpc) is 3.29. The number of halogens is 2. The third kappa shape index (κ3) is 2.69. The van der Waals surface area contributed by atoms with Gasteiger partial charge in [-0.3, -0.25) is 4.98 Å². The third-order valence-corrected chi connectivity index (χ3v) is 5.36. The molecule has 0 radical (unpaired) electrons. The first-order valence-electron chi connectivity index (χ1n) is 9.15. The van der Waals surface area contributed by atoms with Crippen LogP contribution in [0.4, 0.5) is 8.78 Å². The molecule has 5 nitrogen and oxygen atoms in total. The Hall–Kier alpha value is -2.83. The van der Waals surface area contributed by atoms with Crippen LogP contribution in [0.5, 0.6) is 0 Å². The van der Waals surface area contributed by atoms with Gasteiger partial charge in [-0.25, -0.2) is 13.8 Å². The summed E-state index contributed by atoms with van der Waals surface area (Å²) >= 11 is 0. The van der Waals surface area contributed by atoms with Gasteiger partial charge in [0.05, 0.1) is 35.4 Å². The zero-order valence-corrected chi connectivity index (χ0v) is 14.6. The predicted octanol–water partition coefficient (Wildman–Crippen LogP) is 4.91. The minimum Gasteiger partial charge on any atom is -0.364 e. The van der Waals surface area contributed by atoms with E-state index in [0.29, 0.717) is 36.3 Å². The molecule has 1 unspecified atom stereocenters. The van der Waals surface area contributed by atoms with E-state index in [9.17, 15) is 8.78 Å². The number of aromatic nitrogens is 4. The van der Waals surface area contributed by atoms with Gasteiger partial charge in [-0.2, -0.15) is 0 Å². The van der Waals surface area contributed by atoms with E-state index in [1.807, 2.05) is 24.3 Å². The summed E-state index contributed by atoms with van der Waals surface area (Å²) in [7, 11) is 0. The molecule has 138 valence electrons. The summed E-state index contributed by atoms with van der Waals surface area (Å²) in [5, 5.41) is 4.78. The van der Waals surface area contributed by atoms with Gasteiger partial charge in [0, 0.05) is 17.9 Å². The van der Waals surface area contributed by atoms with E-state index in [0.717, 1.165) is 22.8 Å². The normalized spacial score (nSPS) is 19.7. The predicted molar refractivity (Wildman–Crippen MR) is 96.8 cm³/mol. The highest BCUT2D eigenvalue weighted by molar-refractivity contribution is 6.02. The minimum atomic E-state index is -2.77. The molecule has 5 rings (SSSR count). The van der Waals surface area contributed by atoms with Crippen molar-refractivity contribution < 1.29 is 13.3 Å². The summed E-state index contributed by atoms with van der Waals surface area (Å²) in [6.07, 6.45) is 5.16. The highest BCUT2D eigenvalue weighted by Crippen LogP contribution is 2.44. The van der Waals surface area contributed by atoms with Gasteiger partial charge < -0.3 is 9.09 Å². The van der Waals surface area contributed by atoms with Crippen molar-refractivity contribution in [2.24, 2.45) is 0 Å². The fourth-order valence-corrected chi connectivity index (χ4v) is 4.12. The lowest BCUT2D eigenvalue weighted by Crippen LogP contribution is -2.35. The number of rotatable bonds is 3. The Morgan fingerprint density at radius 3 is 2.85 bits per heavy atom. The fourth-order valence-electron chi connectivity index (χ4n) is 4.12. The molecule has 4 aromatic rings. The summed E-state index contributed by atoms with van der Waals surface area (Å²) in [6.45, 7) is 0. The largest absolute Gasteiger partial charge is 0.364 e. The third-order valence-electron chi connectivity index (χ3n) is 5.36. The molecule has 1 atom stereocenters. The molecule has 0 amide bonds. The first kappa shape index (κ1) is 16.4. The Morgan fingerprint density at radius 2 is 2.04 bits per heavy atom. The number of para-hydroxylation sites is 1. The van der Waals surface area contributed by atoms with Gasteiger partial charge in [0.1, 0.15) is 17.6 Å². The molecule has 0 spiro atoms. The van der Waals surface area contributed by atoms with E-state index in [4.69, 9.17) is 4.52 Å². The Balaban J connectivity index is 1.79. The second kappa shape index (κ2) is 6.11. The average molecular weight is 368 g/mol. The van der Waals surface area contributed by atoms with E-state index in [1.54, 1.807) is 16.8 Å². The van der Waals surface area contributed by atoms with E-state index in [-0.39, 0.29) is 6.42 Å². The quantitative estimate of drug-likeness (QED) is 0.515. The van der Waals surface area contributed by atoms with Gasteiger partial charge in [-0.15, -0.1) is 0 Å². The lowest BCUT2D eigenvalue weighted by atomic mass is 9.91. The Bertz CT molecular complexity index is 1100. The topological polar surface area (TPSA) is 56.7 Å². The molecule has 7 heteroatoms. The second-order valence-electron chi connectivity index (χ2n) is 7.10. The van der Waals surface area contributed by atoms with Gasteiger partial charge in [0.25, 0.3) is 5.92 Å². The van der Waals surface area contributed by atoms with E-state index >= 15 is 0 Å². The Kier molecular flexibility index (Phi) is 3.70. The summed E-state index contributed by atoms with van der Waals surface area (Å²) in [4.78, 5) is 9.11. The van der Waals surface area contributed by atoms with Crippen molar-refractivity contribution in [3.8, 4) is 0 Å². The first-order valence-corrected chi connectivity index (χ1v) is 9.15. The molecule has 1 fully saturated rings. The van der Waals surface area contributed by atoms with Crippen molar-refractivity contribution in [3.05, 3.63) is 54.3 Å². The monoisotopic (exact) mass is 368 g/mol. The van der Waals surface area contributed by atoms with E-state index < -0.39 is 12.0 Å². The minimum absolute atomic E-state index is 0.0935. The van der Waals surface area contributed by atoms with Crippen LogP contribution in [0.2, 0.25) is 0 Å². The van der Waals surface area contributed by atoms with Gasteiger partial charge in [0.15, 0.2) is 0 Å². The van der Waals surface area contributed by atoms with Crippen LogP contribution in [0.3, 0.4) is 0 Å². The van der Waals surface area contributed by atoms with E-state index in [1.165, 1.54) is 6.26 Å². The molecule has 1 aliphatic rings. The van der Waals surface area contributed by atoms with Gasteiger partial charge >= 0.3 is 0 Å². The molecule has 27 heavy (non-hydrogen) atoms. The van der Waals surface area contributed by atoms with Gasteiger partial charge in [-0.05, 0) is 18.9 Å². The molecule has 0 bridgehead atoms. The fraction of sp³-hybridized carbons (Fsp3) is 0.350. The molecule has 1 saturated carbocycles. The molecule has 1 aromatic carbocycles. The molecule has 3 aromatic heterocycles. The van der Waals surface area contributed by atoms with Crippen LogP contribution in [0.25, 0.3) is 21.9 Å². The Labute approximate surface area is 154 Å². The molecule has 0 N–H and O–H groups in total. The summed E-state index contributed by atoms with van der Waals surface area (Å²) < 4.78 is 36.5. The van der Waals surface area contributed by atoms with Crippen LogP contribution in [-0.2, 0) is 6.42 Å². The van der Waals surface area contributed by atoms with Crippen molar-refractivity contribution in [1.29, 1.82) is 0 Å². The molecule has 1 aliphatic carbocycles. The maximum atomic E-state index is 14.9. The molecular formula is C20H18F2N4O. The summed E-state index contributed by atoms with van der Waals surface area (Å²) in [6, 6.07) is 8.43. The number of imidazole rings is 1. The van der Waals surface area contributed by atoms with Crippen molar-refractivity contribution in [1.82, 2.24) is 19.7 Å². The highest BCUT2D eigenvalue weighted by atomic mass is 19.3. The maximum Gasteiger partial charge on any atom is 0.268 e. The highest BCUT2D eigenvalue weighted by Gasteiger charge is 2.44. The standard InChI is InChI=1S/C20H18F2N4O/c21-20(22)9-4-3-7-17(20)26-18(11-13-8-10-27-25-13)24-16-12-23-15-6-2-1-5-14(15)19(16)26/h1-2,5-6,8,10,12,17H,3-4,7,9,11H2. The first-order chi connectivity index (χ1) is 13.1. The number of benzene rings is 1. The number of hydrogen-bond acceptors (Lipinski definition) is 4. The second-order valence-corrected chi connectivity index (χ2v) is 7.10. The van der Waals surface area contributed by atoms with Gasteiger partial charge in [0.2, 0.25) is 0 Å². The number of alkyl halides is 2. The van der Waals surface area contributed by atoms with Crippen molar-refractivity contribution in [2.45, 2.75) is 44.1 Å². The number of hydrogen-bond donors (Lipinski definition) is 0. The molecular weight excluding hydrogens is 350 g/mol. The SMILES string of the molecule is FC1(F)CCCCC1n1c(Cc2ccon2)nc2cnc3ccccc3c21.